The zero-order valence-electron chi connectivity index (χ0n) is 17.9. The first-order chi connectivity index (χ1) is 16.1. The van der Waals surface area contributed by atoms with Crippen molar-refractivity contribution in [3.8, 4) is 0 Å². The number of aryl methyl sites for hydroxylation is 1. The summed E-state index contributed by atoms with van der Waals surface area (Å²) in [7, 11) is -2.27. The van der Waals surface area contributed by atoms with Gasteiger partial charge >= 0.3 is 6.03 Å². The van der Waals surface area contributed by atoms with Gasteiger partial charge < -0.3 is 10.6 Å². The third-order valence-corrected chi connectivity index (χ3v) is 8.41. The molecule has 13 heteroatoms. The monoisotopic (exact) mass is 563 g/mol. The van der Waals surface area contributed by atoms with Gasteiger partial charge in [-0.25, -0.2) is 27.8 Å². The molecule has 176 valence electrons. The van der Waals surface area contributed by atoms with Crippen LogP contribution in [0.25, 0.3) is 0 Å². The first-order valence-corrected chi connectivity index (χ1v) is 12.9. The summed E-state index contributed by atoms with van der Waals surface area (Å²) in [5.41, 5.74) is 1.92. The first-order valence-electron chi connectivity index (χ1n) is 9.83. The SMILES string of the molecule is CNc1cc2c(cc1Br)C(=O)N(c1ccc(NC(=O)NS(=O)(=O)c3ccc(C)s3)cn1)C(=O)C2. The van der Waals surface area contributed by atoms with Gasteiger partial charge in [0.1, 0.15) is 10.0 Å². The molecule has 3 heterocycles. The topological polar surface area (TPSA) is 138 Å². The molecule has 0 unspecified atom stereocenters. The number of benzene rings is 1. The first kappa shape index (κ1) is 23.9. The molecule has 0 fully saturated rings. The van der Waals surface area contributed by atoms with Crippen LogP contribution in [-0.4, -0.2) is 38.3 Å². The second kappa shape index (κ2) is 9.16. The van der Waals surface area contributed by atoms with Crippen LogP contribution in [0.5, 0.6) is 0 Å². The predicted molar refractivity (Wildman–Crippen MR) is 132 cm³/mol. The summed E-state index contributed by atoms with van der Waals surface area (Å²) >= 11 is 4.44. The van der Waals surface area contributed by atoms with Gasteiger partial charge in [0, 0.05) is 27.6 Å². The van der Waals surface area contributed by atoms with Crippen molar-refractivity contribution in [1.29, 1.82) is 0 Å². The van der Waals surface area contributed by atoms with Crippen LogP contribution >= 0.6 is 27.3 Å². The number of nitrogens with zero attached hydrogens (tertiary/aromatic N) is 2. The number of anilines is 3. The van der Waals surface area contributed by atoms with Crippen LogP contribution in [0.4, 0.5) is 22.0 Å². The van der Waals surface area contributed by atoms with Gasteiger partial charge in [-0.05, 0) is 64.8 Å². The van der Waals surface area contributed by atoms with Crippen molar-refractivity contribution in [1.82, 2.24) is 9.71 Å². The maximum atomic E-state index is 13.0. The highest BCUT2D eigenvalue weighted by molar-refractivity contribution is 9.10. The molecule has 0 atom stereocenters. The fourth-order valence-corrected chi connectivity index (χ4v) is 6.07. The average molecular weight is 564 g/mol. The van der Waals surface area contributed by atoms with Crippen LogP contribution < -0.4 is 20.3 Å². The molecule has 0 spiro atoms. The van der Waals surface area contributed by atoms with E-state index in [2.05, 4.69) is 31.5 Å². The number of sulfonamides is 1. The molecule has 0 saturated carbocycles. The predicted octanol–water partition coefficient (Wildman–Crippen LogP) is 3.50. The highest BCUT2D eigenvalue weighted by atomic mass is 79.9. The average Bonchev–Trinajstić information content (AvgIpc) is 3.22. The number of urea groups is 1. The minimum Gasteiger partial charge on any atom is -0.387 e. The third kappa shape index (κ3) is 4.67. The van der Waals surface area contributed by atoms with Crippen molar-refractivity contribution in [2.45, 2.75) is 17.6 Å². The molecule has 1 aromatic carbocycles. The molecular weight excluding hydrogens is 546 g/mol. The van der Waals surface area contributed by atoms with E-state index in [4.69, 9.17) is 0 Å². The van der Waals surface area contributed by atoms with E-state index >= 15 is 0 Å². The fraction of sp³-hybridized carbons (Fsp3) is 0.143. The van der Waals surface area contributed by atoms with Crippen molar-refractivity contribution >= 4 is 72.3 Å². The van der Waals surface area contributed by atoms with Gasteiger partial charge in [-0.1, -0.05) is 0 Å². The summed E-state index contributed by atoms with van der Waals surface area (Å²) < 4.78 is 27.2. The van der Waals surface area contributed by atoms with E-state index in [-0.39, 0.29) is 22.1 Å². The summed E-state index contributed by atoms with van der Waals surface area (Å²) in [5, 5.41) is 5.37. The Balaban J connectivity index is 1.49. The second-order valence-corrected chi connectivity index (χ2v) is 11.3. The molecule has 0 bridgehead atoms. The van der Waals surface area contributed by atoms with Gasteiger partial charge in [-0.2, -0.15) is 0 Å². The zero-order valence-corrected chi connectivity index (χ0v) is 21.1. The van der Waals surface area contributed by atoms with Gasteiger partial charge in [0.15, 0.2) is 0 Å². The Morgan fingerprint density at radius 2 is 1.94 bits per heavy atom. The molecule has 4 rings (SSSR count). The lowest BCUT2D eigenvalue weighted by Gasteiger charge is -2.26. The minimum atomic E-state index is -4.01. The number of halogens is 1. The number of nitrogens with one attached hydrogen (secondary N) is 3. The van der Waals surface area contributed by atoms with Crippen molar-refractivity contribution in [2.24, 2.45) is 0 Å². The third-order valence-electron chi connectivity index (χ3n) is 4.93. The number of fused-ring (bicyclic) bond motifs is 1. The van der Waals surface area contributed by atoms with Crippen molar-refractivity contribution in [3.05, 3.63) is 63.1 Å². The number of imide groups is 1. The molecule has 10 nitrogen and oxygen atoms in total. The van der Waals surface area contributed by atoms with Crippen LogP contribution in [0.15, 0.2) is 51.3 Å². The Labute approximate surface area is 207 Å². The highest BCUT2D eigenvalue weighted by Gasteiger charge is 2.33. The van der Waals surface area contributed by atoms with E-state index in [1.807, 2.05) is 4.72 Å². The normalized spacial score (nSPS) is 13.4. The van der Waals surface area contributed by atoms with Crippen molar-refractivity contribution in [3.63, 3.8) is 0 Å². The van der Waals surface area contributed by atoms with E-state index in [9.17, 15) is 22.8 Å². The number of rotatable bonds is 5. The van der Waals surface area contributed by atoms with Crippen LogP contribution in [0.2, 0.25) is 0 Å². The maximum Gasteiger partial charge on any atom is 0.333 e. The quantitative estimate of drug-likeness (QED) is 0.404. The summed E-state index contributed by atoms with van der Waals surface area (Å²) in [6, 6.07) is 8.29. The number of amides is 4. The summed E-state index contributed by atoms with van der Waals surface area (Å²) in [5.74, 6) is -0.870. The summed E-state index contributed by atoms with van der Waals surface area (Å²) in [4.78, 5) is 43.8. The summed E-state index contributed by atoms with van der Waals surface area (Å²) in [6.07, 6.45) is 1.25. The molecule has 0 radical (unpaired) electrons. The Hall–Kier alpha value is -3.29. The van der Waals surface area contributed by atoms with Crippen LogP contribution in [-0.2, 0) is 21.2 Å². The fourth-order valence-electron chi connectivity index (χ4n) is 3.34. The van der Waals surface area contributed by atoms with E-state index in [0.29, 0.717) is 15.6 Å². The van der Waals surface area contributed by atoms with Gasteiger partial charge in [-0.15, -0.1) is 11.3 Å². The van der Waals surface area contributed by atoms with Crippen LogP contribution in [0.1, 0.15) is 20.8 Å². The number of aromatic nitrogens is 1. The zero-order chi connectivity index (χ0) is 24.6. The molecule has 1 aliphatic rings. The van der Waals surface area contributed by atoms with Crippen molar-refractivity contribution < 1.29 is 22.8 Å². The number of pyridine rings is 1. The standard InChI is InChI=1S/C21H18BrN5O5S2/c1-11-3-6-19(33-11)34(31,32)26-21(30)25-13-4-5-17(24-10-13)27-18(28)8-12-7-16(23-2)15(22)9-14(12)20(27)29/h3-7,9-10,23H,8H2,1-2H3,(H2,25,26,30). The van der Waals surface area contributed by atoms with Crippen LogP contribution in [0.3, 0.4) is 0 Å². The lowest BCUT2D eigenvalue weighted by Crippen LogP contribution is -2.43. The molecule has 0 aliphatic carbocycles. The number of thiophene rings is 1. The number of carbonyl (C=O) groups is 3. The molecule has 2 aromatic heterocycles. The van der Waals surface area contributed by atoms with Gasteiger partial charge in [0.2, 0.25) is 5.91 Å². The van der Waals surface area contributed by atoms with E-state index in [0.717, 1.165) is 26.8 Å². The molecule has 3 aromatic rings. The largest absolute Gasteiger partial charge is 0.387 e. The molecular formula is C21H18BrN5O5S2. The molecule has 4 amide bonds. The molecule has 1 aliphatic heterocycles. The van der Waals surface area contributed by atoms with Crippen LogP contribution in [0, 0.1) is 6.92 Å². The molecule has 3 N–H and O–H groups in total. The number of hydrogen-bond donors (Lipinski definition) is 3. The Kier molecular flexibility index (Phi) is 6.43. The van der Waals surface area contributed by atoms with Gasteiger partial charge in [0.05, 0.1) is 18.3 Å². The second-order valence-electron chi connectivity index (χ2n) is 7.28. The molecule has 34 heavy (non-hydrogen) atoms. The van der Waals surface area contributed by atoms with E-state index < -0.39 is 27.9 Å². The Bertz CT molecular complexity index is 1420. The summed E-state index contributed by atoms with van der Waals surface area (Å²) in [6.45, 7) is 1.76. The smallest absolute Gasteiger partial charge is 0.333 e. The van der Waals surface area contributed by atoms with Gasteiger partial charge in [-0.3, -0.25) is 9.59 Å². The van der Waals surface area contributed by atoms with Crippen molar-refractivity contribution in [2.75, 3.05) is 22.6 Å². The molecule has 0 saturated heterocycles. The van der Waals surface area contributed by atoms with E-state index in [1.165, 1.54) is 24.4 Å². The number of hydrogen-bond acceptors (Lipinski definition) is 8. The Morgan fingerprint density at radius 1 is 1.18 bits per heavy atom. The minimum absolute atomic E-state index is 0.0181. The maximum absolute atomic E-state index is 13.0. The highest BCUT2D eigenvalue weighted by Crippen LogP contribution is 2.32. The lowest BCUT2D eigenvalue weighted by atomic mass is 9.97. The number of carbonyl (C=O) groups excluding carboxylic acids is 3. The Morgan fingerprint density at radius 3 is 2.56 bits per heavy atom. The van der Waals surface area contributed by atoms with E-state index in [1.54, 1.807) is 32.2 Å². The van der Waals surface area contributed by atoms with Gasteiger partial charge in [0.25, 0.3) is 15.9 Å². The lowest BCUT2D eigenvalue weighted by molar-refractivity contribution is -0.117.